The number of likely N-dealkylation sites (N-methyl/N-ethyl adjacent to an activating group) is 1. The van der Waals surface area contributed by atoms with Gasteiger partial charge in [-0.2, -0.15) is 13.2 Å². The van der Waals surface area contributed by atoms with Crippen LogP contribution in [0.4, 0.5) is 13.2 Å². The second-order valence-corrected chi connectivity index (χ2v) is 6.46. The van der Waals surface area contributed by atoms with Gasteiger partial charge in [0, 0.05) is 20.1 Å². The number of carboxylic acid groups (broad SMARTS) is 1. The molecular formula is C17H21F3N2O3. The number of likely N-dealkylation sites (tertiary alicyclic amines) is 1. The van der Waals surface area contributed by atoms with Crippen LogP contribution in [-0.4, -0.2) is 59.1 Å². The Morgan fingerprint density at radius 2 is 1.92 bits per heavy atom. The average Bonchev–Trinajstić information content (AvgIpc) is 2.98. The Hall–Kier alpha value is -2.09. The fourth-order valence-electron chi connectivity index (χ4n) is 3.07. The van der Waals surface area contributed by atoms with Gasteiger partial charge in [-0.25, -0.2) is 4.79 Å². The molecule has 8 heteroatoms. The number of rotatable bonds is 5. The zero-order valence-electron chi connectivity index (χ0n) is 14.1. The summed E-state index contributed by atoms with van der Waals surface area (Å²) in [5, 5.41) is 8.99. The third kappa shape index (κ3) is 3.78. The smallest absolute Gasteiger partial charge is 0.404 e. The molecule has 1 fully saturated rings. The van der Waals surface area contributed by atoms with Gasteiger partial charge in [0.25, 0.3) is 0 Å². The molecular weight excluding hydrogens is 337 g/mol. The molecule has 0 spiro atoms. The molecule has 0 saturated carbocycles. The zero-order valence-corrected chi connectivity index (χ0v) is 14.1. The van der Waals surface area contributed by atoms with E-state index >= 15 is 0 Å². The Morgan fingerprint density at radius 3 is 2.44 bits per heavy atom. The van der Waals surface area contributed by atoms with Crippen molar-refractivity contribution < 1.29 is 27.9 Å². The summed E-state index contributed by atoms with van der Waals surface area (Å²) in [5.74, 6) is -2.53. The lowest BCUT2D eigenvalue weighted by atomic mass is 9.84. The number of carboxylic acids is 1. The summed E-state index contributed by atoms with van der Waals surface area (Å²) < 4.78 is 41.3. The molecule has 1 aliphatic heterocycles. The van der Waals surface area contributed by atoms with Crippen molar-refractivity contribution in [3.63, 3.8) is 0 Å². The van der Waals surface area contributed by atoms with E-state index in [2.05, 4.69) is 0 Å². The summed E-state index contributed by atoms with van der Waals surface area (Å²) in [7, 11) is 1.11. The lowest BCUT2D eigenvalue weighted by molar-refractivity contribution is -0.224. The van der Waals surface area contributed by atoms with Gasteiger partial charge in [0.15, 0.2) is 5.41 Å². The molecule has 1 aromatic rings. The minimum absolute atomic E-state index is 0.120. The molecule has 1 saturated heterocycles. The molecule has 138 valence electrons. The quantitative estimate of drug-likeness (QED) is 0.878. The van der Waals surface area contributed by atoms with Gasteiger partial charge in [-0.3, -0.25) is 9.69 Å². The molecule has 0 radical (unpaired) electrons. The molecule has 1 heterocycles. The number of carbonyl (C=O) groups excluding carboxylic acids is 1. The van der Waals surface area contributed by atoms with Crippen LogP contribution in [0.2, 0.25) is 0 Å². The van der Waals surface area contributed by atoms with Crippen LogP contribution in [0.25, 0.3) is 0 Å². The van der Waals surface area contributed by atoms with E-state index in [-0.39, 0.29) is 13.0 Å². The van der Waals surface area contributed by atoms with Gasteiger partial charge < -0.3 is 10.0 Å². The van der Waals surface area contributed by atoms with Crippen LogP contribution in [0.3, 0.4) is 0 Å². The highest BCUT2D eigenvalue weighted by atomic mass is 19.4. The number of hydrogen-bond acceptors (Lipinski definition) is 3. The Kier molecular flexibility index (Phi) is 5.41. The fraction of sp³-hybridized carbons (Fsp3) is 0.529. The van der Waals surface area contributed by atoms with Crippen LogP contribution in [0.15, 0.2) is 30.3 Å². The predicted octanol–water partition coefficient (Wildman–Crippen LogP) is 2.37. The molecule has 1 amide bonds. The van der Waals surface area contributed by atoms with E-state index in [9.17, 15) is 22.8 Å². The number of hydrogen-bond donors (Lipinski definition) is 1. The number of nitrogens with zero attached hydrogens (tertiary/aromatic N) is 2. The van der Waals surface area contributed by atoms with E-state index in [1.54, 1.807) is 17.0 Å². The lowest BCUT2D eigenvalue weighted by Gasteiger charge is -2.35. The molecule has 0 aliphatic carbocycles. The van der Waals surface area contributed by atoms with Crippen LogP contribution in [0.1, 0.15) is 18.9 Å². The molecule has 5 nitrogen and oxygen atoms in total. The van der Waals surface area contributed by atoms with E-state index in [1.807, 2.05) is 18.2 Å². The maximum atomic E-state index is 13.8. The van der Waals surface area contributed by atoms with Gasteiger partial charge in [-0.1, -0.05) is 30.3 Å². The van der Waals surface area contributed by atoms with Gasteiger partial charge in [0.2, 0.25) is 5.91 Å². The normalized spacial score (nSPS) is 22.6. The molecule has 2 rings (SSSR count). The van der Waals surface area contributed by atoms with Crippen LogP contribution in [-0.2, 0) is 16.1 Å². The first-order valence-corrected chi connectivity index (χ1v) is 7.91. The first-order chi connectivity index (χ1) is 11.6. The number of halogens is 3. The largest absolute Gasteiger partial charge is 0.480 e. The number of alkyl halides is 3. The first kappa shape index (κ1) is 19.2. The molecule has 0 bridgehead atoms. The third-order valence-corrected chi connectivity index (χ3v) is 4.81. The fourth-order valence-corrected chi connectivity index (χ4v) is 3.07. The molecule has 1 aromatic carbocycles. The highest BCUT2D eigenvalue weighted by Crippen LogP contribution is 2.47. The Balaban J connectivity index is 2.23. The highest BCUT2D eigenvalue weighted by Gasteiger charge is 2.64. The van der Waals surface area contributed by atoms with E-state index in [0.717, 1.165) is 12.6 Å². The van der Waals surface area contributed by atoms with E-state index < -0.39 is 36.1 Å². The van der Waals surface area contributed by atoms with E-state index in [0.29, 0.717) is 11.4 Å². The molecule has 25 heavy (non-hydrogen) atoms. The maximum absolute atomic E-state index is 13.8. The van der Waals surface area contributed by atoms with Crippen molar-refractivity contribution in [1.82, 2.24) is 9.80 Å². The van der Waals surface area contributed by atoms with E-state index in [4.69, 9.17) is 5.11 Å². The summed E-state index contributed by atoms with van der Waals surface area (Å²) in [4.78, 5) is 25.9. The summed E-state index contributed by atoms with van der Waals surface area (Å²) >= 11 is 0. The summed E-state index contributed by atoms with van der Waals surface area (Å²) in [6.45, 7) is 1.15. The third-order valence-electron chi connectivity index (χ3n) is 4.81. The Bertz CT molecular complexity index is 636. The summed E-state index contributed by atoms with van der Waals surface area (Å²) in [6.07, 6.45) is -5.12. The number of amides is 1. The van der Waals surface area contributed by atoms with E-state index in [1.165, 1.54) is 6.92 Å². The van der Waals surface area contributed by atoms with Gasteiger partial charge in [0.05, 0.1) is 0 Å². The topological polar surface area (TPSA) is 60.9 Å². The number of benzene rings is 1. The van der Waals surface area contributed by atoms with Gasteiger partial charge in [0.1, 0.15) is 6.04 Å². The van der Waals surface area contributed by atoms with Crippen LogP contribution in [0, 0.1) is 5.41 Å². The zero-order chi connectivity index (χ0) is 18.8. The minimum atomic E-state index is -4.75. The summed E-state index contributed by atoms with van der Waals surface area (Å²) in [5.41, 5.74) is -1.71. The van der Waals surface area contributed by atoms with Crippen molar-refractivity contribution in [2.45, 2.75) is 32.1 Å². The minimum Gasteiger partial charge on any atom is -0.480 e. The molecule has 0 aromatic heterocycles. The maximum Gasteiger partial charge on any atom is 0.404 e. The SMILES string of the molecule is CC(C(=O)O)N(C)C(=O)C1(C(F)(F)F)CCN(Cc2ccccc2)C1. The monoisotopic (exact) mass is 358 g/mol. The molecule has 2 atom stereocenters. The molecule has 1 N–H and O–H groups in total. The van der Waals surface area contributed by atoms with Crippen LogP contribution < -0.4 is 0 Å². The van der Waals surface area contributed by atoms with Crippen LogP contribution in [0.5, 0.6) is 0 Å². The van der Waals surface area contributed by atoms with Crippen LogP contribution >= 0.6 is 0 Å². The standard InChI is InChI=1S/C17H21F3N2O3/c1-12(14(23)24)21(2)15(25)16(17(18,19)20)8-9-22(11-16)10-13-6-4-3-5-7-13/h3-7,12H,8-11H2,1-2H3,(H,23,24). The molecule has 1 aliphatic rings. The Labute approximate surface area is 144 Å². The average molecular weight is 358 g/mol. The summed E-state index contributed by atoms with van der Waals surface area (Å²) in [6, 6.07) is 7.72. The highest BCUT2D eigenvalue weighted by molar-refractivity contribution is 5.88. The number of aliphatic carboxylic acids is 1. The lowest BCUT2D eigenvalue weighted by Crippen LogP contribution is -2.55. The van der Waals surface area contributed by atoms with Gasteiger partial charge in [-0.05, 0) is 25.5 Å². The van der Waals surface area contributed by atoms with Crippen molar-refractivity contribution >= 4 is 11.9 Å². The van der Waals surface area contributed by atoms with Gasteiger partial charge in [-0.15, -0.1) is 0 Å². The van der Waals surface area contributed by atoms with Crippen molar-refractivity contribution in [1.29, 1.82) is 0 Å². The second kappa shape index (κ2) is 7.03. The predicted molar refractivity (Wildman–Crippen MR) is 84.7 cm³/mol. The second-order valence-electron chi connectivity index (χ2n) is 6.46. The first-order valence-electron chi connectivity index (χ1n) is 7.91. The van der Waals surface area contributed by atoms with Gasteiger partial charge >= 0.3 is 12.1 Å². The number of carbonyl (C=O) groups is 2. The molecule has 2 unspecified atom stereocenters. The van der Waals surface area contributed by atoms with Crippen molar-refractivity contribution in [3.05, 3.63) is 35.9 Å². The Morgan fingerprint density at radius 1 is 1.32 bits per heavy atom. The van der Waals surface area contributed by atoms with Crippen molar-refractivity contribution in [2.24, 2.45) is 5.41 Å². The van der Waals surface area contributed by atoms with Crippen molar-refractivity contribution in [3.8, 4) is 0 Å². The van der Waals surface area contributed by atoms with Crippen molar-refractivity contribution in [2.75, 3.05) is 20.1 Å².